The minimum Gasteiger partial charge on any atom is -0.386 e. The molecule has 0 aliphatic carbocycles. The van der Waals surface area contributed by atoms with Crippen LogP contribution in [-0.2, 0) is 0 Å². The molecule has 0 bridgehead atoms. The third kappa shape index (κ3) is 4.53. The molecule has 0 aliphatic rings. The molecule has 1 amide bonds. The average molecular weight is 313 g/mol. The number of hydrogen-bond donors (Lipinski definition) is 3. The quantitative estimate of drug-likeness (QED) is 0.735. The standard InChI is InChI=1S/C18H23N3O2/c1-3-7-15(17(22)13-8-5-4-6-9-13)21-18(23)14-10-11-16(19-2)20-12-14/h4-6,8-12,15,17,22H,3,7H2,1-2H3,(H,19,20)(H,21,23). The number of aliphatic hydroxyl groups is 1. The highest BCUT2D eigenvalue weighted by Crippen LogP contribution is 2.20. The SMILES string of the molecule is CCCC(NC(=O)c1ccc(NC)nc1)C(O)c1ccccc1. The van der Waals surface area contributed by atoms with Gasteiger partial charge in [-0.2, -0.15) is 0 Å². The van der Waals surface area contributed by atoms with Gasteiger partial charge in [0.15, 0.2) is 0 Å². The van der Waals surface area contributed by atoms with Crippen molar-refractivity contribution in [3.8, 4) is 0 Å². The molecular formula is C18H23N3O2. The van der Waals surface area contributed by atoms with E-state index in [1.165, 1.54) is 6.20 Å². The molecule has 0 spiro atoms. The molecule has 2 atom stereocenters. The maximum atomic E-state index is 12.4. The van der Waals surface area contributed by atoms with E-state index in [4.69, 9.17) is 0 Å². The van der Waals surface area contributed by atoms with Crippen LogP contribution in [0.1, 0.15) is 41.8 Å². The monoisotopic (exact) mass is 313 g/mol. The number of benzene rings is 1. The molecule has 23 heavy (non-hydrogen) atoms. The van der Waals surface area contributed by atoms with Crippen LogP contribution in [0.5, 0.6) is 0 Å². The summed E-state index contributed by atoms with van der Waals surface area (Å²) < 4.78 is 0. The van der Waals surface area contributed by atoms with Crippen LogP contribution in [0.25, 0.3) is 0 Å². The number of hydrogen-bond acceptors (Lipinski definition) is 4. The first kappa shape index (κ1) is 17.0. The predicted octanol–water partition coefficient (Wildman–Crippen LogP) is 2.76. The van der Waals surface area contributed by atoms with Gasteiger partial charge in [0.2, 0.25) is 0 Å². The van der Waals surface area contributed by atoms with Crippen LogP contribution < -0.4 is 10.6 Å². The fourth-order valence-electron chi connectivity index (χ4n) is 2.43. The van der Waals surface area contributed by atoms with Gasteiger partial charge in [-0.3, -0.25) is 4.79 Å². The number of pyridine rings is 1. The smallest absolute Gasteiger partial charge is 0.253 e. The van der Waals surface area contributed by atoms with Crippen molar-refractivity contribution < 1.29 is 9.90 Å². The van der Waals surface area contributed by atoms with Crippen molar-refractivity contribution in [3.63, 3.8) is 0 Å². The fourth-order valence-corrected chi connectivity index (χ4v) is 2.43. The van der Waals surface area contributed by atoms with E-state index in [0.29, 0.717) is 17.8 Å². The van der Waals surface area contributed by atoms with Crippen molar-refractivity contribution in [2.45, 2.75) is 31.9 Å². The Balaban J connectivity index is 2.10. The maximum absolute atomic E-state index is 12.4. The Kier molecular flexibility index (Phi) is 6.11. The Morgan fingerprint density at radius 3 is 2.52 bits per heavy atom. The van der Waals surface area contributed by atoms with Crippen LogP contribution in [0.3, 0.4) is 0 Å². The highest BCUT2D eigenvalue weighted by atomic mass is 16.3. The largest absolute Gasteiger partial charge is 0.386 e. The number of nitrogens with one attached hydrogen (secondary N) is 2. The molecule has 1 heterocycles. The molecule has 1 aromatic heterocycles. The van der Waals surface area contributed by atoms with Gasteiger partial charge < -0.3 is 15.7 Å². The van der Waals surface area contributed by atoms with Crippen LogP contribution in [-0.4, -0.2) is 29.1 Å². The molecule has 0 aliphatic heterocycles. The summed E-state index contributed by atoms with van der Waals surface area (Å²) in [6.07, 6.45) is 2.36. The third-order valence-corrected chi connectivity index (χ3v) is 3.72. The number of nitrogens with zero attached hydrogens (tertiary/aromatic N) is 1. The molecule has 122 valence electrons. The molecule has 0 saturated carbocycles. The number of aliphatic hydroxyl groups excluding tert-OH is 1. The zero-order valence-electron chi connectivity index (χ0n) is 13.5. The summed E-state index contributed by atoms with van der Waals surface area (Å²) in [6.45, 7) is 2.03. The minimum absolute atomic E-state index is 0.228. The second kappa shape index (κ2) is 8.29. The van der Waals surface area contributed by atoms with Gasteiger partial charge in [0, 0.05) is 13.2 Å². The van der Waals surface area contributed by atoms with Gasteiger partial charge in [-0.1, -0.05) is 43.7 Å². The van der Waals surface area contributed by atoms with Crippen molar-refractivity contribution in [1.29, 1.82) is 0 Å². The zero-order valence-corrected chi connectivity index (χ0v) is 13.5. The van der Waals surface area contributed by atoms with E-state index in [0.717, 1.165) is 12.0 Å². The van der Waals surface area contributed by atoms with Crippen molar-refractivity contribution >= 4 is 11.7 Å². The van der Waals surface area contributed by atoms with Crippen LogP contribution in [0.4, 0.5) is 5.82 Å². The van der Waals surface area contributed by atoms with Gasteiger partial charge in [0.25, 0.3) is 5.91 Å². The average Bonchev–Trinajstić information content (AvgIpc) is 2.61. The molecule has 5 heteroatoms. The van der Waals surface area contributed by atoms with E-state index >= 15 is 0 Å². The van der Waals surface area contributed by atoms with E-state index in [2.05, 4.69) is 15.6 Å². The van der Waals surface area contributed by atoms with Crippen molar-refractivity contribution in [3.05, 3.63) is 59.8 Å². The molecule has 2 aromatic rings. The van der Waals surface area contributed by atoms with Crippen molar-refractivity contribution in [2.75, 3.05) is 12.4 Å². The van der Waals surface area contributed by atoms with Gasteiger partial charge in [0.1, 0.15) is 5.82 Å². The number of anilines is 1. The van der Waals surface area contributed by atoms with E-state index in [-0.39, 0.29) is 11.9 Å². The van der Waals surface area contributed by atoms with E-state index in [9.17, 15) is 9.90 Å². The Morgan fingerprint density at radius 2 is 1.96 bits per heavy atom. The summed E-state index contributed by atoms with van der Waals surface area (Å²) >= 11 is 0. The maximum Gasteiger partial charge on any atom is 0.253 e. The number of amides is 1. The molecule has 1 aromatic carbocycles. The topological polar surface area (TPSA) is 74.2 Å². The Morgan fingerprint density at radius 1 is 1.22 bits per heavy atom. The summed E-state index contributed by atoms with van der Waals surface area (Å²) in [6, 6.07) is 12.5. The van der Waals surface area contributed by atoms with Gasteiger partial charge >= 0.3 is 0 Å². The molecule has 0 fully saturated rings. The van der Waals surface area contributed by atoms with E-state index in [1.54, 1.807) is 19.2 Å². The lowest BCUT2D eigenvalue weighted by molar-refractivity contribution is 0.0819. The first-order valence-electron chi connectivity index (χ1n) is 7.83. The lowest BCUT2D eigenvalue weighted by atomic mass is 9.98. The van der Waals surface area contributed by atoms with Crippen LogP contribution in [0.2, 0.25) is 0 Å². The summed E-state index contributed by atoms with van der Waals surface area (Å²) in [7, 11) is 1.77. The summed E-state index contributed by atoms with van der Waals surface area (Å²) in [5.41, 5.74) is 1.28. The van der Waals surface area contributed by atoms with Crippen LogP contribution >= 0.6 is 0 Å². The predicted molar refractivity (Wildman–Crippen MR) is 91.3 cm³/mol. The van der Waals surface area contributed by atoms with Gasteiger partial charge in [-0.05, 0) is 24.1 Å². The zero-order chi connectivity index (χ0) is 16.7. The molecular weight excluding hydrogens is 290 g/mol. The minimum atomic E-state index is -0.732. The van der Waals surface area contributed by atoms with Crippen molar-refractivity contribution in [2.24, 2.45) is 0 Å². The van der Waals surface area contributed by atoms with Crippen LogP contribution in [0.15, 0.2) is 48.7 Å². The highest BCUT2D eigenvalue weighted by molar-refractivity contribution is 5.94. The third-order valence-electron chi connectivity index (χ3n) is 3.72. The Labute approximate surface area is 136 Å². The summed E-state index contributed by atoms with van der Waals surface area (Å²) in [4.78, 5) is 16.5. The van der Waals surface area contributed by atoms with E-state index in [1.807, 2.05) is 37.3 Å². The molecule has 2 rings (SSSR count). The molecule has 0 radical (unpaired) electrons. The highest BCUT2D eigenvalue weighted by Gasteiger charge is 2.22. The first-order valence-corrected chi connectivity index (χ1v) is 7.83. The Bertz CT molecular complexity index is 614. The van der Waals surface area contributed by atoms with Gasteiger partial charge in [0.05, 0.1) is 17.7 Å². The normalized spacial score (nSPS) is 13.2. The molecule has 3 N–H and O–H groups in total. The Hall–Kier alpha value is -2.40. The molecule has 2 unspecified atom stereocenters. The van der Waals surface area contributed by atoms with Crippen LogP contribution in [0, 0.1) is 0 Å². The van der Waals surface area contributed by atoms with E-state index < -0.39 is 6.10 Å². The molecule has 0 saturated heterocycles. The second-order valence-electron chi connectivity index (χ2n) is 5.41. The fraction of sp³-hybridized carbons (Fsp3) is 0.333. The number of aromatic nitrogens is 1. The number of rotatable bonds is 7. The van der Waals surface area contributed by atoms with Gasteiger partial charge in [-0.25, -0.2) is 4.98 Å². The summed E-state index contributed by atoms with van der Waals surface area (Å²) in [5, 5.41) is 16.4. The lowest BCUT2D eigenvalue weighted by Gasteiger charge is -2.24. The second-order valence-corrected chi connectivity index (χ2v) is 5.41. The first-order chi connectivity index (χ1) is 11.2. The molecule has 5 nitrogen and oxygen atoms in total. The number of carbonyl (C=O) groups excluding carboxylic acids is 1. The summed E-state index contributed by atoms with van der Waals surface area (Å²) in [5.74, 6) is 0.476. The van der Waals surface area contributed by atoms with Gasteiger partial charge in [-0.15, -0.1) is 0 Å². The number of carbonyl (C=O) groups is 1. The van der Waals surface area contributed by atoms with Crippen molar-refractivity contribution in [1.82, 2.24) is 10.3 Å². The lowest BCUT2D eigenvalue weighted by Crippen LogP contribution is -2.39.